The molecule has 1 aromatic heterocycles. The van der Waals surface area contributed by atoms with Crippen LogP contribution < -0.4 is 5.46 Å². The normalized spacial score (nSPS) is 11.5. The van der Waals surface area contributed by atoms with Crippen LogP contribution in [0.25, 0.3) is 11.1 Å². The molecule has 0 spiro atoms. The zero-order chi connectivity index (χ0) is 15.6. The molecule has 0 aliphatic carbocycles. The van der Waals surface area contributed by atoms with E-state index in [2.05, 4.69) is 4.98 Å². The Labute approximate surface area is 118 Å². The van der Waals surface area contributed by atoms with Gasteiger partial charge in [0.25, 0.3) is 0 Å². The third-order valence-electron chi connectivity index (χ3n) is 2.95. The molecule has 2 N–H and O–H groups in total. The summed E-state index contributed by atoms with van der Waals surface area (Å²) in [5, 5.41) is 18.1. The number of rotatable bonds is 3. The fraction of sp³-hybridized carbons (Fsp3) is 0.154. The molecule has 2 rings (SSSR count). The molecule has 1 aromatic carbocycles. The van der Waals surface area contributed by atoms with Crippen LogP contribution >= 0.6 is 0 Å². The fourth-order valence-electron chi connectivity index (χ4n) is 1.95. The van der Waals surface area contributed by atoms with Crippen molar-refractivity contribution in [3.63, 3.8) is 0 Å². The molecule has 8 heteroatoms. The molecule has 0 aliphatic rings. The van der Waals surface area contributed by atoms with E-state index in [0.717, 1.165) is 30.6 Å². The first-order valence-corrected chi connectivity index (χ1v) is 5.80. The Bertz CT molecular complexity index is 661. The predicted octanol–water partition coefficient (Wildman–Crippen LogP) is 1.64. The summed E-state index contributed by atoms with van der Waals surface area (Å²) in [7, 11) is 0.595. The second kappa shape index (κ2) is 5.83. The summed E-state index contributed by atoms with van der Waals surface area (Å²) in [4.78, 5) is 3.59. The third-order valence-corrected chi connectivity index (χ3v) is 2.95. The van der Waals surface area contributed by atoms with E-state index in [4.69, 9.17) is 10.1 Å². The number of aliphatic hydroxyl groups excluding tert-OH is 1. The molecule has 0 saturated heterocycles. The highest BCUT2D eigenvalue weighted by Gasteiger charge is 2.34. The molecular formula is C13H9BF4NO2. The van der Waals surface area contributed by atoms with Crippen LogP contribution in [0.3, 0.4) is 0 Å². The van der Waals surface area contributed by atoms with Gasteiger partial charge in [-0.1, -0.05) is 6.07 Å². The number of nitrogens with zero attached hydrogens (tertiary/aromatic N) is 1. The average Bonchev–Trinajstić information content (AvgIpc) is 2.46. The molecule has 1 radical (unpaired) electrons. The lowest BCUT2D eigenvalue weighted by atomic mass is 9.82. The second-order valence-corrected chi connectivity index (χ2v) is 4.24. The van der Waals surface area contributed by atoms with Gasteiger partial charge in [-0.15, -0.1) is 0 Å². The summed E-state index contributed by atoms with van der Waals surface area (Å²) < 4.78 is 52.8. The molecule has 2 aromatic rings. The topological polar surface area (TPSA) is 53.4 Å². The van der Waals surface area contributed by atoms with Gasteiger partial charge in [0.15, 0.2) is 0 Å². The molecule has 0 unspecified atom stereocenters. The van der Waals surface area contributed by atoms with Crippen LogP contribution in [0.1, 0.15) is 11.1 Å². The number of hydrogen-bond acceptors (Lipinski definition) is 3. The van der Waals surface area contributed by atoms with Gasteiger partial charge in [0.05, 0.1) is 12.2 Å². The summed E-state index contributed by atoms with van der Waals surface area (Å²) in [6.07, 6.45) is -2.80. The van der Waals surface area contributed by atoms with E-state index in [1.807, 2.05) is 0 Å². The second-order valence-electron chi connectivity index (χ2n) is 4.24. The Kier molecular flexibility index (Phi) is 4.29. The lowest BCUT2D eigenvalue weighted by Gasteiger charge is -2.14. The average molecular weight is 298 g/mol. The molecule has 0 amide bonds. The number of hydrogen-bond donors (Lipinski definition) is 2. The fourth-order valence-corrected chi connectivity index (χ4v) is 1.95. The molecule has 21 heavy (non-hydrogen) atoms. The molecule has 0 atom stereocenters. The molecular weight excluding hydrogens is 289 g/mol. The SMILES string of the molecule is O[B]c1cc(-c2cnccc2C(F)(F)F)c(F)cc1CO. The standard InChI is InChI=1S/C13H9BF4NO2/c15-12-3-7(6-20)11(14-21)4-8(12)9-5-19-2-1-10(9)13(16,17)18/h1-5,20-21H,6H2. The van der Waals surface area contributed by atoms with Gasteiger partial charge >= 0.3 is 13.7 Å². The molecule has 0 saturated carbocycles. The summed E-state index contributed by atoms with van der Waals surface area (Å²) in [6, 6.07) is 2.66. The van der Waals surface area contributed by atoms with Crippen molar-refractivity contribution in [3.05, 3.63) is 47.5 Å². The maximum Gasteiger partial charge on any atom is 0.417 e. The predicted molar refractivity (Wildman–Crippen MR) is 68.2 cm³/mol. The minimum atomic E-state index is -4.66. The van der Waals surface area contributed by atoms with E-state index in [9.17, 15) is 17.6 Å². The maximum atomic E-state index is 14.0. The Morgan fingerprint density at radius 3 is 2.48 bits per heavy atom. The first-order valence-electron chi connectivity index (χ1n) is 5.80. The minimum Gasteiger partial charge on any atom is -0.450 e. The quantitative estimate of drug-likeness (QED) is 0.669. The first-order chi connectivity index (χ1) is 9.88. The van der Waals surface area contributed by atoms with Gasteiger partial charge in [0.1, 0.15) is 5.82 Å². The largest absolute Gasteiger partial charge is 0.450 e. The molecule has 3 nitrogen and oxygen atoms in total. The lowest BCUT2D eigenvalue weighted by molar-refractivity contribution is -0.137. The van der Waals surface area contributed by atoms with Crippen molar-refractivity contribution in [2.75, 3.05) is 0 Å². The van der Waals surface area contributed by atoms with E-state index in [1.54, 1.807) is 0 Å². The monoisotopic (exact) mass is 298 g/mol. The van der Waals surface area contributed by atoms with Gasteiger partial charge in [0, 0.05) is 23.5 Å². The van der Waals surface area contributed by atoms with E-state index in [0.29, 0.717) is 7.48 Å². The van der Waals surface area contributed by atoms with Gasteiger partial charge in [-0.2, -0.15) is 13.2 Å². The number of benzene rings is 1. The van der Waals surface area contributed by atoms with Crippen molar-refractivity contribution < 1.29 is 27.7 Å². The lowest BCUT2D eigenvalue weighted by Crippen LogP contribution is -2.20. The maximum absolute atomic E-state index is 14.0. The van der Waals surface area contributed by atoms with Crippen LogP contribution in [0, 0.1) is 5.82 Å². The van der Waals surface area contributed by atoms with E-state index in [-0.39, 0.29) is 16.6 Å². The smallest absolute Gasteiger partial charge is 0.417 e. The summed E-state index contributed by atoms with van der Waals surface area (Å²) in [6.45, 7) is -0.553. The highest BCUT2D eigenvalue weighted by atomic mass is 19.4. The number of alkyl halides is 3. The van der Waals surface area contributed by atoms with Crippen molar-refractivity contribution in [1.82, 2.24) is 4.98 Å². The highest BCUT2D eigenvalue weighted by Crippen LogP contribution is 2.37. The number of aromatic nitrogens is 1. The third kappa shape index (κ3) is 3.06. The van der Waals surface area contributed by atoms with Crippen LogP contribution in [0.2, 0.25) is 0 Å². The van der Waals surface area contributed by atoms with Crippen molar-refractivity contribution in [1.29, 1.82) is 0 Å². The zero-order valence-electron chi connectivity index (χ0n) is 10.5. The zero-order valence-corrected chi connectivity index (χ0v) is 10.5. The van der Waals surface area contributed by atoms with Gasteiger partial charge in [0.2, 0.25) is 0 Å². The van der Waals surface area contributed by atoms with Gasteiger partial charge in [-0.3, -0.25) is 4.98 Å². The van der Waals surface area contributed by atoms with E-state index < -0.39 is 29.7 Å². The number of halogens is 4. The summed E-state index contributed by atoms with van der Waals surface area (Å²) >= 11 is 0. The number of pyridine rings is 1. The highest BCUT2D eigenvalue weighted by molar-refractivity contribution is 6.46. The first kappa shape index (κ1) is 15.5. The van der Waals surface area contributed by atoms with Crippen LogP contribution in [0.5, 0.6) is 0 Å². The van der Waals surface area contributed by atoms with Gasteiger partial charge in [-0.25, -0.2) is 4.39 Å². The number of aliphatic hydroxyl groups is 1. The molecule has 0 fully saturated rings. The van der Waals surface area contributed by atoms with E-state index >= 15 is 0 Å². The Morgan fingerprint density at radius 2 is 1.90 bits per heavy atom. The van der Waals surface area contributed by atoms with E-state index in [1.165, 1.54) is 0 Å². The Hall–Kier alpha value is -1.93. The van der Waals surface area contributed by atoms with Crippen molar-refractivity contribution in [2.24, 2.45) is 0 Å². The Morgan fingerprint density at radius 1 is 1.19 bits per heavy atom. The Balaban J connectivity index is 2.68. The van der Waals surface area contributed by atoms with Crippen LogP contribution in [-0.2, 0) is 12.8 Å². The van der Waals surface area contributed by atoms with Crippen LogP contribution in [0.4, 0.5) is 17.6 Å². The summed E-state index contributed by atoms with van der Waals surface area (Å²) in [5.41, 5.74) is -1.72. The molecule has 1 heterocycles. The van der Waals surface area contributed by atoms with Gasteiger partial charge in [-0.05, 0) is 23.2 Å². The van der Waals surface area contributed by atoms with Crippen LogP contribution in [-0.4, -0.2) is 22.6 Å². The van der Waals surface area contributed by atoms with Crippen molar-refractivity contribution in [2.45, 2.75) is 12.8 Å². The van der Waals surface area contributed by atoms with Crippen molar-refractivity contribution in [3.8, 4) is 11.1 Å². The van der Waals surface area contributed by atoms with Gasteiger partial charge < -0.3 is 10.1 Å². The van der Waals surface area contributed by atoms with Crippen LogP contribution in [0.15, 0.2) is 30.6 Å². The minimum absolute atomic E-state index is 0.0332. The molecule has 109 valence electrons. The molecule has 0 aliphatic heterocycles. The molecule has 0 bridgehead atoms. The van der Waals surface area contributed by atoms with Crippen molar-refractivity contribution >= 4 is 12.9 Å². The summed E-state index contributed by atoms with van der Waals surface area (Å²) in [5.74, 6) is -0.942.